The van der Waals surface area contributed by atoms with Crippen LogP contribution in [0.2, 0.25) is 0 Å². The van der Waals surface area contributed by atoms with E-state index in [4.69, 9.17) is 9.88 Å². The zero-order valence-corrected chi connectivity index (χ0v) is 12.1. The van der Waals surface area contributed by atoms with Gasteiger partial charge in [0.15, 0.2) is 11.6 Å². The zero-order chi connectivity index (χ0) is 13.6. The SMILES string of the molecule is NS(=O)(=O)CCCCCOc1ccc(Br)cc1F. The number of sulfonamides is 1. The first kappa shape index (κ1) is 15.4. The predicted octanol–water partition coefficient (Wildman–Crippen LogP) is 2.43. The third-order valence-electron chi connectivity index (χ3n) is 2.22. The van der Waals surface area contributed by atoms with Crippen LogP contribution in [0.5, 0.6) is 5.75 Å². The molecule has 1 rings (SSSR count). The second-order valence-corrected chi connectivity index (χ2v) is 6.50. The maximum atomic E-state index is 13.3. The Morgan fingerprint density at radius 3 is 2.61 bits per heavy atom. The molecule has 0 aliphatic carbocycles. The highest BCUT2D eigenvalue weighted by Crippen LogP contribution is 2.21. The van der Waals surface area contributed by atoms with Crippen LogP contribution in [-0.4, -0.2) is 20.8 Å². The van der Waals surface area contributed by atoms with Gasteiger partial charge in [0.05, 0.1) is 12.4 Å². The molecule has 0 spiro atoms. The molecular weight excluding hydrogens is 325 g/mol. The monoisotopic (exact) mass is 339 g/mol. The van der Waals surface area contributed by atoms with Gasteiger partial charge in [-0.05, 0) is 37.5 Å². The summed E-state index contributed by atoms with van der Waals surface area (Å²) in [7, 11) is -3.38. The topological polar surface area (TPSA) is 69.4 Å². The Morgan fingerprint density at radius 1 is 1.28 bits per heavy atom. The van der Waals surface area contributed by atoms with Crippen LogP contribution >= 0.6 is 15.9 Å². The largest absolute Gasteiger partial charge is 0.491 e. The highest BCUT2D eigenvalue weighted by atomic mass is 79.9. The lowest BCUT2D eigenvalue weighted by molar-refractivity contribution is 0.291. The Kier molecular flexibility index (Phi) is 6.04. The molecule has 0 atom stereocenters. The van der Waals surface area contributed by atoms with Gasteiger partial charge in [0, 0.05) is 4.47 Å². The second kappa shape index (κ2) is 7.06. The van der Waals surface area contributed by atoms with Crippen molar-refractivity contribution in [2.45, 2.75) is 19.3 Å². The van der Waals surface area contributed by atoms with Gasteiger partial charge in [-0.25, -0.2) is 17.9 Å². The quantitative estimate of drug-likeness (QED) is 0.775. The van der Waals surface area contributed by atoms with E-state index in [0.29, 0.717) is 30.3 Å². The Bertz CT molecular complexity index is 493. The molecule has 0 heterocycles. The summed E-state index contributed by atoms with van der Waals surface area (Å²) in [6.07, 6.45) is 1.82. The molecule has 0 bridgehead atoms. The third kappa shape index (κ3) is 6.32. The summed E-state index contributed by atoms with van der Waals surface area (Å²) in [6, 6.07) is 4.57. The first-order valence-corrected chi connectivity index (χ1v) is 7.97. The molecule has 2 N–H and O–H groups in total. The van der Waals surface area contributed by atoms with Crippen molar-refractivity contribution in [2.24, 2.45) is 5.14 Å². The molecule has 4 nitrogen and oxygen atoms in total. The number of primary sulfonamides is 1. The minimum absolute atomic E-state index is 0.0281. The van der Waals surface area contributed by atoms with Gasteiger partial charge in [-0.1, -0.05) is 15.9 Å². The maximum Gasteiger partial charge on any atom is 0.209 e. The number of benzene rings is 1. The Hall–Kier alpha value is -0.660. The summed E-state index contributed by atoms with van der Waals surface area (Å²) in [4.78, 5) is 0. The number of hydrogen-bond donors (Lipinski definition) is 1. The first-order chi connectivity index (χ1) is 8.38. The van der Waals surface area contributed by atoms with Crippen LogP contribution in [0.25, 0.3) is 0 Å². The molecule has 0 radical (unpaired) electrons. The lowest BCUT2D eigenvalue weighted by Gasteiger charge is -2.07. The van der Waals surface area contributed by atoms with Crippen LogP contribution in [-0.2, 0) is 10.0 Å². The van der Waals surface area contributed by atoms with Gasteiger partial charge in [-0.3, -0.25) is 0 Å². The van der Waals surface area contributed by atoms with Crippen molar-refractivity contribution < 1.29 is 17.5 Å². The molecule has 0 fully saturated rings. The molecule has 18 heavy (non-hydrogen) atoms. The molecule has 0 aromatic heterocycles. The third-order valence-corrected chi connectivity index (χ3v) is 3.58. The van der Waals surface area contributed by atoms with Crippen LogP contribution < -0.4 is 9.88 Å². The summed E-state index contributed by atoms with van der Waals surface area (Å²) in [6.45, 7) is 0.350. The molecular formula is C11H15BrFNO3S. The fourth-order valence-corrected chi connectivity index (χ4v) is 2.30. The molecule has 7 heteroatoms. The van der Waals surface area contributed by atoms with E-state index in [1.165, 1.54) is 6.07 Å². The summed E-state index contributed by atoms with van der Waals surface area (Å²) in [5, 5.41) is 4.86. The van der Waals surface area contributed by atoms with Gasteiger partial charge in [0.2, 0.25) is 10.0 Å². The fraction of sp³-hybridized carbons (Fsp3) is 0.455. The van der Waals surface area contributed by atoms with Crippen molar-refractivity contribution in [1.82, 2.24) is 0 Å². The molecule has 0 amide bonds. The molecule has 102 valence electrons. The van der Waals surface area contributed by atoms with Crippen molar-refractivity contribution in [3.05, 3.63) is 28.5 Å². The van der Waals surface area contributed by atoms with Gasteiger partial charge in [-0.15, -0.1) is 0 Å². The number of nitrogens with two attached hydrogens (primary N) is 1. The fourth-order valence-electron chi connectivity index (χ4n) is 1.36. The normalized spacial score (nSPS) is 11.5. The summed E-state index contributed by atoms with van der Waals surface area (Å²) >= 11 is 3.15. The minimum atomic E-state index is -3.38. The lowest BCUT2D eigenvalue weighted by atomic mass is 10.2. The maximum absolute atomic E-state index is 13.3. The van der Waals surface area contributed by atoms with Crippen molar-refractivity contribution in [3.63, 3.8) is 0 Å². The number of rotatable bonds is 7. The van der Waals surface area contributed by atoms with E-state index >= 15 is 0 Å². The Labute approximate surface area is 115 Å². The molecule has 0 saturated heterocycles. The van der Waals surface area contributed by atoms with Gasteiger partial charge < -0.3 is 4.74 Å². The van der Waals surface area contributed by atoms with Gasteiger partial charge >= 0.3 is 0 Å². The predicted molar refractivity (Wildman–Crippen MR) is 71.4 cm³/mol. The molecule has 0 unspecified atom stereocenters. The van der Waals surface area contributed by atoms with Crippen molar-refractivity contribution >= 4 is 26.0 Å². The average Bonchev–Trinajstić information content (AvgIpc) is 2.24. The van der Waals surface area contributed by atoms with Crippen molar-refractivity contribution in [1.29, 1.82) is 0 Å². The Morgan fingerprint density at radius 2 is 2.00 bits per heavy atom. The number of halogens is 2. The van der Waals surface area contributed by atoms with Crippen LogP contribution in [0, 0.1) is 5.82 Å². The van der Waals surface area contributed by atoms with Gasteiger partial charge in [-0.2, -0.15) is 0 Å². The van der Waals surface area contributed by atoms with E-state index in [1.807, 2.05) is 0 Å². The van der Waals surface area contributed by atoms with E-state index in [9.17, 15) is 12.8 Å². The van der Waals surface area contributed by atoms with E-state index in [2.05, 4.69) is 15.9 Å². The van der Waals surface area contributed by atoms with Crippen LogP contribution in [0.15, 0.2) is 22.7 Å². The van der Waals surface area contributed by atoms with Gasteiger partial charge in [0.1, 0.15) is 0 Å². The van der Waals surface area contributed by atoms with E-state index in [1.54, 1.807) is 12.1 Å². The van der Waals surface area contributed by atoms with E-state index in [0.717, 1.165) is 0 Å². The zero-order valence-electron chi connectivity index (χ0n) is 9.73. The number of ether oxygens (including phenoxy) is 1. The highest BCUT2D eigenvalue weighted by Gasteiger charge is 2.04. The minimum Gasteiger partial charge on any atom is -0.491 e. The lowest BCUT2D eigenvalue weighted by Crippen LogP contribution is -2.16. The van der Waals surface area contributed by atoms with Gasteiger partial charge in [0.25, 0.3) is 0 Å². The molecule has 1 aromatic rings. The van der Waals surface area contributed by atoms with E-state index < -0.39 is 15.8 Å². The molecule has 0 aliphatic heterocycles. The summed E-state index contributed by atoms with van der Waals surface area (Å²) in [5.41, 5.74) is 0. The second-order valence-electron chi connectivity index (χ2n) is 3.85. The standard InChI is InChI=1S/C11H15BrFNO3S/c12-9-4-5-11(10(13)8-9)17-6-2-1-3-7-18(14,15)16/h4-5,8H,1-3,6-7H2,(H2,14,15,16). The average molecular weight is 340 g/mol. The van der Waals surface area contributed by atoms with Crippen LogP contribution in [0.1, 0.15) is 19.3 Å². The molecule has 0 aliphatic rings. The van der Waals surface area contributed by atoms with Crippen LogP contribution in [0.3, 0.4) is 0 Å². The van der Waals surface area contributed by atoms with Crippen molar-refractivity contribution in [2.75, 3.05) is 12.4 Å². The summed E-state index contributed by atoms with van der Waals surface area (Å²) < 4.78 is 40.5. The molecule has 0 saturated carbocycles. The van der Waals surface area contributed by atoms with Crippen molar-refractivity contribution in [3.8, 4) is 5.75 Å². The Balaban J connectivity index is 2.22. The summed E-state index contributed by atoms with van der Waals surface area (Å²) in [5.74, 6) is -0.252. The van der Waals surface area contributed by atoms with Crippen LogP contribution in [0.4, 0.5) is 4.39 Å². The molecule has 1 aromatic carbocycles. The highest BCUT2D eigenvalue weighted by molar-refractivity contribution is 9.10. The number of unbranched alkanes of at least 4 members (excludes halogenated alkanes) is 2. The smallest absolute Gasteiger partial charge is 0.209 e. The first-order valence-electron chi connectivity index (χ1n) is 5.47. The number of hydrogen-bond acceptors (Lipinski definition) is 3. The van der Waals surface area contributed by atoms with E-state index in [-0.39, 0.29) is 11.5 Å².